The smallest absolute Gasteiger partial charge is 0.316 e. The first-order valence-electron chi connectivity index (χ1n) is 6.29. The van der Waals surface area contributed by atoms with E-state index in [4.69, 9.17) is 5.73 Å². The van der Waals surface area contributed by atoms with Gasteiger partial charge >= 0.3 is 6.03 Å². The SMILES string of the molecule is CCCCc1c(NC(N)=O)ccc2ccccc12. The third-order valence-corrected chi connectivity index (χ3v) is 3.08. The Morgan fingerprint density at radius 3 is 2.72 bits per heavy atom. The van der Waals surface area contributed by atoms with Gasteiger partial charge in [0.05, 0.1) is 0 Å². The third-order valence-electron chi connectivity index (χ3n) is 3.08. The second-order valence-corrected chi connectivity index (χ2v) is 4.41. The van der Waals surface area contributed by atoms with Crippen LogP contribution in [0.3, 0.4) is 0 Å². The van der Waals surface area contributed by atoms with E-state index in [2.05, 4.69) is 24.4 Å². The number of fused-ring (bicyclic) bond motifs is 1. The van der Waals surface area contributed by atoms with Crippen molar-refractivity contribution in [1.82, 2.24) is 0 Å². The monoisotopic (exact) mass is 242 g/mol. The number of unbranched alkanes of at least 4 members (excludes halogenated alkanes) is 1. The van der Waals surface area contributed by atoms with Gasteiger partial charge < -0.3 is 11.1 Å². The van der Waals surface area contributed by atoms with Crippen LogP contribution in [0.1, 0.15) is 25.3 Å². The largest absolute Gasteiger partial charge is 0.351 e. The summed E-state index contributed by atoms with van der Waals surface area (Å²) in [4.78, 5) is 11.0. The summed E-state index contributed by atoms with van der Waals surface area (Å²) in [7, 11) is 0. The Balaban J connectivity index is 2.51. The van der Waals surface area contributed by atoms with Gasteiger partial charge in [0.1, 0.15) is 0 Å². The molecule has 0 saturated carbocycles. The van der Waals surface area contributed by atoms with Gasteiger partial charge in [-0.15, -0.1) is 0 Å². The van der Waals surface area contributed by atoms with Gasteiger partial charge in [-0.1, -0.05) is 43.7 Å². The van der Waals surface area contributed by atoms with E-state index in [0.29, 0.717) is 0 Å². The fourth-order valence-electron chi connectivity index (χ4n) is 2.21. The number of amides is 2. The molecule has 2 aromatic rings. The number of anilines is 1. The molecular formula is C15H18N2O. The van der Waals surface area contributed by atoms with E-state index < -0.39 is 6.03 Å². The molecule has 0 aromatic heterocycles. The lowest BCUT2D eigenvalue weighted by Gasteiger charge is -2.13. The van der Waals surface area contributed by atoms with Crippen molar-refractivity contribution in [3.05, 3.63) is 42.0 Å². The van der Waals surface area contributed by atoms with Crippen molar-refractivity contribution >= 4 is 22.5 Å². The van der Waals surface area contributed by atoms with Gasteiger partial charge in [0.25, 0.3) is 0 Å². The van der Waals surface area contributed by atoms with Gasteiger partial charge in [-0.05, 0) is 35.2 Å². The lowest BCUT2D eigenvalue weighted by molar-refractivity contribution is 0.259. The van der Waals surface area contributed by atoms with Gasteiger partial charge in [-0.3, -0.25) is 0 Å². The molecule has 0 fully saturated rings. The highest BCUT2D eigenvalue weighted by Crippen LogP contribution is 2.27. The third kappa shape index (κ3) is 2.62. The number of hydrogen-bond acceptors (Lipinski definition) is 1. The molecule has 94 valence electrons. The van der Waals surface area contributed by atoms with Crippen molar-refractivity contribution in [2.24, 2.45) is 5.73 Å². The lowest BCUT2D eigenvalue weighted by atomic mass is 9.98. The fraction of sp³-hybridized carbons (Fsp3) is 0.267. The minimum absolute atomic E-state index is 0.511. The Morgan fingerprint density at radius 1 is 1.22 bits per heavy atom. The Labute approximate surface area is 107 Å². The normalized spacial score (nSPS) is 10.5. The highest BCUT2D eigenvalue weighted by molar-refractivity contribution is 5.95. The summed E-state index contributed by atoms with van der Waals surface area (Å²) in [5, 5.41) is 5.10. The van der Waals surface area contributed by atoms with Crippen molar-refractivity contribution in [3.63, 3.8) is 0 Å². The summed E-state index contributed by atoms with van der Waals surface area (Å²) in [5.41, 5.74) is 7.22. The molecule has 0 aliphatic rings. The number of aryl methyl sites for hydroxylation is 1. The molecular weight excluding hydrogens is 224 g/mol. The second-order valence-electron chi connectivity index (χ2n) is 4.41. The average molecular weight is 242 g/mol. The summed E-state index contributed by atoms with van der Waals surface area (Å²) >= 11 is 0. The highest BCUT2D eigenvalue weighted by atomic mass is 16.2. The maximum absolute atomic E-state index is 11.0. The van der Waals surface area contributed by atoms with Gasteiger partial charge in [-0.2, -0.15) is 0 Å². The molecule has 0 radical (unpaired) electrons. The first-order chi connectivity index (χ1) is 8.72. The Hall–Kier alpha value is -2.03. The molecule has 3 heteroatoms. The molecule has 18 heavy (non-hydrogen) atoms. The topological polar surface area (TPSA) is 55.1 Å². The van der Waals surface area contributed by atoms with Crippen molar-refractivity contribution in [1.29, 1.82) is 0 Å². The number of benzene rings is 2. The molecule has 0 heterocycles. The highest BCUT2D eigenvalue weighted by Gasteiger charge is 2.08. The molecule has 0 unspecified atom stereocenters. The molecule has 0 atom stereocenters. The Bertz CT molecular complexity index is 563. The van der Waals surface area contributed by atoms with Crippen LogP contribution in [0, 0.1) is 0 Å². The number of nitrogens with one attached hydrogen (secondary N) is 1. The van der Waals surface area contributed by atoms with Gasteiger partial charge in [-0.25, -0.2) is 4.79 Å². The molecule has 2 aromatic carbocycles. The fourth-order valence-corrected chi connectivity index (χ4v) is 2.21. The first-order valence-corrected chi connectivity index (χ1v) is 6.29. The standard InChI is InChI=1S/C15H18N2O/c1-2-3-7-13-12-8-5-4-6-11(12)9-10-14(13)17-15(16)18/h4-6,8-10H,2-3,7H2,1H3,(H3,16,17,18). The van der Waals surface area contributed by atoms with E-state index in [9.17, 15) is 4.79 Å². The summed E-state index contributed by atoms with van der Waals surface area (Å²) in [5.74, 6) is 0. The van der Waals surface area contributed by atoms with Crippen LogP contribution in [-0.2, 0) is 6.42 Å². The van der Waals surface area contributed by atoms with E-state index in [-0.39, 0.29) is 0 Å². The molecule has 3 nitrogen and oxygen atoms in total. The number of nitrogens with two attached hydrogens (primary N) is 1. The van der Waals surface area contributed by atoms with E-state index in [0.717, 1.165) is 24.9 Å². The van der Waals surface area contributed by atoms with E-state index >= 15 is 0 Å². The summed E-state index contributed by atoms with van der Waals surface area (Å²) in [6.45, 7) is 2.16. The summed E-state index contributed by atoms with van der Waals surface area (Å²) in [6.07, 6.45) is 3.17. The zero-order valence-corrected chi connectivity index (χ0v) is 10.6. The number of carbonyl (C=O) groups excluding carboxylic acids is 1. The predicted octanol–water partition coefficient (Wildman–Crippen LogP) is 3.67. The van der Waals surface area contributed by atoms with E-state index in [1.54, 1.807) is 0 Å². The molecule has 0 saturated heterocycles. The summed E-state index contributed by atoms with van der Waals surface area (Å²) < 4.78 is 0. The van der Waals surface area contributed by atoms with Crippen LogP contribution in [0.5, 0.6) is 0 Å². The lowest BCUT2D eigenvalue weighted by Crippen LogP contribution is -2.20. The van der Waals surface area contributed by atoms with Crippen LogP contribution >= 0.6 is 0 Å². The molecule has 2 rings (SSSR count). The number of primary amides is 1. The minimum atomic E-state index is -0.511. The molecule has 3 N–H and O–H groups in total. The van der Waals surface area contributed by atoms with Gasteiger partial charge in [0, 0.05) is 5.69 Å². The van der Waals surface area contributed by atoms with Crippen molar-refractivity contribution in [2.75, 3.05) is 5.32 Å². The number of urea groups is 1. The van der Waals surface area contributed by atoms with E-state index in [1.165, 1.54) is 16.3 Å². The summed E-state index contributed by atoms with van der Waals surface area (Å²) in [6, 6.07) is 11.6. The number of carbonyl (C=O) groups is 1. The Morgan fingerprint density at radius 2 is 2.00 bits per heavy atom. The average Bonchev–Trinajstić information content (AvgIpc) is 2.37. The van der Waals surface area contributed by atoms with Crippen molar-refractivity contribution < 1.29 is 4.79 Å². The number of hydrogen-bond donors (Lipinski definition) is 2. The molecule has 0 aliphatic carbocycles. The molecule has 2 amide bonds. The maximum Gasteiger partial charge on any atom is 0.316 e. The van der Waals surface area contributed by atoms with Gasteiger partial charge in [0.15, 0.2) is 0 Å². The first kappa shape index (κ1) is 12.4. The van der Waals surface area contributed by atoms with Crippen LogP contribution in [0.2, 0.25) is 0 Å². The van der Waals surface area contributed by atoms with Crippen LogP contribution in [-0.4, -0.2) is 6.03 Å². The van der Waals surface area contributed by atoms with Crippen LogP contribution < -0.4 is 11.1 Å². The maximum atomic E-state index is 11.0. The number of rotatable bonds is 4. The van der Waals surface area contributed by atoms with E-state index in [1.807, 2.05) is 24.3 Å². The Kier molecular flexibility index (Phi) is 3.82. The molecule has 0 bridgehead atoms. The van der Waals surface area contributed by atoms with Crippen LogP contribution in [0.4, 0.5) is 10.5 Å². The zero-order chi connectivity index (χ0) is 13.0. The van der Waals surface area contributed by atoms with Crippen LogP contribution in [0.25, 0.3) is 10.8 Å². The minimum Gasteiger partial charge on any atom is -0.351 e. The molecule has 0 aliphatic heterocycles. The predicted molar refractivity (Wildman–Crippen MR) is 75.8 cm³/mol. The van der Waals surface area contributed by atoms with Gasteiger partial charge in [0.2, 0.25) is 0 Å². The second kappa shape index (κ2) is 5.54. The van der Waals surface area contributed by atoms with Crippen LogP contribution in [0.15, 0.2) is 36.4 Å². The zero-order valence-electron chi connectivity index (χ0n) is 10.6. The van der Waals surface area contributed by atoms with Crippen molar-refractivity contribution in [2.45, 2.75) is 26.2 Å². The van der Waals surface area contributed by atoms with Crippen molar-refractivity contribution in [3.8, 4) is 0 Å². The molecule has 0 spiro atoms. The quantitative estimate of drug-likeness (QED) is 0.844.